The third kappa shape index (κ3) is 5.00. The van der Waals surface area contributed by atoms with Gasteiger partial charge >= 0.3 is 0 Å². The zero-order valence-corrected chi connectivity index (χ0v) is 21.6. The summed E-state index contributed by atoms with van der Waals surface area (Å²) in [6.07, 6.45) is 1.19. The Morgan fingerprint density at radius 2 is 1.08 bits per heavy atom. The van der Waals surface area contributed by atoms with E-state index in [1.54, 1.807) is 0 Å². The summed E-state index contributed by atoms with van der Waals surface area (Å²) in [6.45, 7) is 31.1. The average Bonchev–Trinajstić information content (AvgIpc) is 2.43. The largest absolute Gasteiger partial charge is 0.395 e. The van der Waals surface area contributed by atoms with Gasteiger partial charge in [-0.2, -0.15) is 0 Å². The minimum Gasteiger partial charge on any atom is -0.395 e. The van der Waals surface area contributed by atoms with E-state index in [1.807, 2.05) is 0 Å². The predicted molar refractivity (Wildman–Crippen MR) is 118 cm³/mol. The van der Waals surface area contributed by atoms with Crippen molar-refractivity contribution >= 4 is 16.6 Å². The number of rotatable bonds is 10. The Labute approximate surface area is 161 Å². The molecule has 0 aliphatic rings. The minimum atomic E-state index is -1.97. The third-order valence-corrected chi connectivity index (χ3v) is 19.2. The molecule has 0 aromatic heterocycles. The van der Waals surface area contributed by atoms with Crippen LogP contribution in [0, 0.1) is 0 Å². The molecule has 0 fully saturated rings. The van der Waals surface area contributed by atoms with E-state index in [9.17, 15) is 0 Å². The van der Waals surface area contributed by atoms with Crippen LogP contribution < -0.4 is 0 Å². The molecule has 1 atom stereocenters. The molecule has 0 saturated heterocycles. The fourth-order valence-corrected chi connectivity index (χ4v) is 17.5. The Balaban J connectivity index is 5.61. The molecule has 0 aliphatic carbocycles. The third-order valence-electron chi connectivity index (χ3n) is 6.68. The summed E-state index contributed by atoms with van der Waals surface area (Å²) in [7, 11) is -3.85. The van der Waals surface area contributed by atoms with Crippen LogP contribution in [0.15, 0.2) is 0 Å². The smallest absolute Gasteiger partial charge is 0.206 e. The molecule has 0 aromatic rings. The van der Waals surface area contributed by atoms with E-state index in [-0.39, 0.29) is 5.04 Å². The van der Waals surface area contributed by atoms with E-state index in [2.05, 4.69) is 90.0 Å². The maximum absolute atomic E-state index is 6.82. The maximum Gasteiger partial charge on any atom is 0.206 e. The first-order valence-corrected chi connectivity index (χ1v) is 14.7. The van der Waals surface area contributed by atoms with E-state index in [0.29, 0.717) is 34.5 Å². The highest BCUT2D eigenvalue weighted by Gasteiger charge is 2.53. The molecule has 0 aromatic carbocycles. The van der Waals surface area contributed by atoms with Gasteiger partial charge in [0.15, 0.2) is 0 Å². The normalized spacial score (nSPS) is 15.7. The summed E-state index contributed by atoms with van der Waals surface area (Å²) >= 11 is 0. The topological polar surface area (TPSA) is 18.5 Å². The maximum atomic E-state index is 6.82. The van der Waals surface area contributed by atoms with Gasteiger partial charge in [0, 0.05) is 0 Å². The van der Waals surface area contributed by atoms with Gasteiger partial charge in [-0.25, -0.2) is 0 Å². The second-order valence-electron chi connectivity index (χ2n) is 10.2. The van der Waals surface area contributed by atoms with Crippen molar-refractivity contribution in [3.63, 3.8) is 0 Å². The quantitative estimate of drug-likeness (QED) is 0.278. The molecule has 0 aliphatic heterocycles. The van der Waals surface area contributed by atoms with E-state index in [4.69, 9.17) is 8.85 Å². The van der Waals surface area contributed by atoms with Crippen molar-refractivity contribution < 1.29 is 8.85 Å². The van der Waals surface area contributed by atoms with Crippen LogP contribution in [0.4, 0.5) is 0 Å². The summed E-state index contributed by atoms with van der Waals surface area (Å²) in [6, 6.07) is 0. The van der Waals surface area contributed by atoms with Gasteiger partial charge in [0.25, 0.3) is 0 Å². The average molecular weight is 389 g/mol. The number of hydrogen-bond acceptors (Lipinski definition) is 2. The number of hydrogen-bond donors (Lipinski definition) is 0. The molecule has 0 bridgehead atoms. The first kappa shape index (κ1) is 25.4. The molecule has 25 heavy (non-hydrogen) atoms. The van der Waals surface area contributed by atoms with E-state index < -0.39 is 16.6 Å². The SMILES string of the molecule is CCC(C)[Si](OCO[Si](C(C)C)(C(C)C)C(C)(C)C)(C(C)C)C(C)C. The minimum absolute atomic E-state index is 0.203. The lowest BCUT2D eigenvalue weighted by Crippen LogP contribution is -2.55. The molecule has 0 N–H and O–H groups in total. The van der Waals surface area contributed by atoms with Crippen molar-refractivity contribution in [2.45, 2.75) is 129 Å². The second kappa shape index (κ2) is 9.52. The monoisotopic (exact) mass is 388 g/mol. The molecule has 0 heterocycles. The molecule has 0 spiro atoms. The fraction of sp³-hybridized carbons (Fsp3) is 1.00. The molecular formula is C21H48O2Si2. The molecule has 0 amide bonds. The van der Waals surface area contributed by atoms with Crippen molar-refractivity contribution in [3.05, 3.63) is 0 Å². The van der Waals surface area contributed by atoms with Crippen LogP contribution in [0.5, 0.6) is 0 Å². The van der Waals surface area contributed by atoms with Crippen LogP contribution in [-0.2, 0) is 8.85 Å². The van der Waals surface area contributed by atoms with Crippen molar-refractivity contribution in [3.8, 4) is 0 Å². The highest BCUT2D eigenvalue weighted by molar-refractivity contribution is 6.79. The summed E-state index contributed by atoms with van der Waals surface area (Å²) < 4.78 is 13.6. The Kier molecular flexibility index (Phi) is 9.65. The van der Waals surface area contributed by atoms with Gasteiger partial charge in [0.1, 0.15) is 6.79 Å². The molecular weight excluding hydrogens is 340 g/mol. The fourth-order valence-electron chi connectivity index (χ4n) is 5.78. The zero-order valence-electron chi connectivity index (χ0n) is 19.6. The van der Waals surface area contributed by atoms with Crippen LogP contribution in [0.2, 0.25) is 32.7 Å². The summed E-state index contributed by atoms with van der Waals surface area (Å²) in [5.74, 6) is 0. The molecule has 1 unspecified atom stereocenters. The second-order valence-corrected chi connectivity index (χ2v) is 21.2. The van der Waals surface area contributed by atoms with Crippen LogP contribution in [0.3, 0.4) is 0 Å². The molecule has 2 nitrogen and oxygen atoms in total. The van der Waals surface area contributed by atoms with E-state index >= 15 is 0 Å². The Bertz CT molecular complexity index is 368. The first-order valence-electron chi connectivity index (χ1n) is 10.5. The van der Waals surface area contributed by atoms with Gasteiger partial charge in [0.05, 0.1) is 0 Å². The Morgan fingerprint density at radius 3 is 1.32 bits per heavy atom. The lowest BCUT2D eigenvalue weighted by atomic mass is 10.2. The van der Waals surface area contributed by atoms with E-state index in [1.165, 1.54) is 6.42 Å². The Morgan fingerprint density at radius 1 is 0.680 bits per heavy atom. The van der Waals surface area contributed by atoms with Crippen molar-refractivity contribution in [2.75, 3.05) is 6.79 Å². The molecule has 0 rings (SSSR count). The van der Waals surface area contributed by atoms with Crippen molar-refractivity contribution in [2.24, 2.45) is 0 Å². The van der Waals surface area contributed by atoms with E-state index in [0.717, 1.165) is 0 Å². The summed E-state index contributed by atoms with van der Waals surface area (Å²) in [5, 5.41) is 0.203. The summed E-state index contributed by atoms with van der Waals surface area (Å²) in [5.41, 5.74) is 3.02. The molecule has 4 heteroatoms. The van der Waals surface area contributed by atoms with Crippen LogP contribution >= 0.6 is 0 Å². The van der Waals surface area contributed by atoms with Crippen molar-refractivity contribution in [1.29, 1.82) is 0 Å². The van der Waals surface area contributed by atoms with Crippen LogP contribution in [0.1, 0.15) is 96.4 Å². The summed E-state index contributed by atoms with van der Waals surface area (Å²) in [4.78, 5) is 0. The van der Waals surface area contributed by atoms with Crippen LogP contribution in [-0.4, -0.2) is 23.4 Å². The van der Waals surface area contributed by atoms with Gasteiger partial charge in [-0.05, 0) is 32.7 Å². The van der Waals surface area contributed by atoms with Gasteiger partial charge in [-0.1, -0.05) is 96.4 Å². The van der Waals surface area contributed by atoms with Gasteiger partial charge in [-0.15, -0.1) is 0 Å². The lowest BCUT2D eigenvalue weighted by molar-refractivity contribution is 0.0810. The molecule has 0 saturated carbocycles. The lowest BCUT2D eigenvalue weighted by Gasteiger charge is -2.50. The van der Waals surface area contributed by atoms with Crippen molar-refractivity contribution in [1.82, 2.24) is 0 Å². The first-order chi connectivity index (χ1) is 11.2. The van der Waals surface area contributed by atoms with Gasteiger partial charge in [0.2, 0.25) is 16.6 Å². The standard InChI is InChI=1S/C21H48O2Si2/c1-14-20(10)24(16(2)3,17(4)5)22-15-23-25(18(6)7,19(8)9)21(11,12)13/h16-20H,14-15H2,1-13H3. The Hall–Kier alpha value is 0.354. The predicted octanol–water partition coefficient (Wildman–Crippen LogP) is 8.11. The molecule has 0 radical (unpaired) electrons. The zero-order chi connectivity index (χ0) is 20.2. The van der Waals surface area contributed by atoms with Gasteiger partial charge in [-0.3, -0.25) is 0 Å². The highest BCUT2D eigenvalue weighted by Crippen LogP contribution is 2.51. The van der Waals surface area contributed by atoms with Crippen LogP contribution in [0.25, 0.3) is 0 Å². The van der Waals surface area contributed by atoms with Gasteiger partial charge < -0.3 is 8.85 Å². The molecule has 152 valence electrons. The highest BCUT2D eigenvalue weighted by atomic mass is 28.4.